The smallest absolute Gasteiger partial charge is 0.0306 e. The predicted molar refractivity (Wildman–Crippen MR) is 60.2 cm³/mol. The number of benzene rings is 1. The average Bonchev–Trinajstić information content (AvgIpc) is 2.57. The van der Waals surface area contributed by atoms with E-state index >= 15 is 0 Å². The van der Waals surface area contributed by atoms with Crippen molar-refractivity contribution in [1.82, 2.24) is 0 Å². The highest BCUT2D eigenvalue weighted by Gasteiger charge is 2.06. The molecule has 0 radical (unpaired) electrons. The van der Waals surface area contributed by atoms with Crippen molar-refractivity contribution in [3.05, 3.63) is 39.6 Å². The van der Waals surface area contributed by atoms with Crippen LogP contribution in [0, 0.1) is 3.57 Å². The van der Waals surface area contributed by atoms with Gasteiger partial charge in [0.1, 0.15) is 0 Å². The number of rotatable bonds is 1. The Kier molecular flexibility index (Phi) is 2.26. The summed E-state index contributed by atoms with van der Waals surface area (Å²) in [7, 11) is 0. The summed E-state index contributed by atoms with van der Waals surface area (Å²) in [6, 6.07) is 8.38. The Morgan fingerprint density at radius 2 is 2.08 bits per heavy atom. The normalized spacial score (nSPS) is 14.9. The third kappa shape index (κ3) is 1.43. The minimum atomic E-state index is 0.972. The van der Waals surface area contributed by atoms with Crippen molar-refractivity contribution in [2.75, 3.05) is 0 Å². The molecule has 0 fully saturated rings. The molecule has 2 rings (SSSR count). The van der Waals surface area contributed by atoms with Gasteiger partial charge in [0, 0.05) is 22.4 Å². The maximum absolute atomic E-state index is 4.09. The Bertz CT molecular complexity index is 353. The molecule has 2 heteroatoms. The van der Waals surface area contributed by atoms with Crippen LogP contribution in [-0.4, -0.2) is 6.21 Å². The van der Waals surface area contributed by atoms with E-state index in [1.54, 1.807) is 0 Å². The van der Waals surface area contributed by atoms with Gasteiger partial charge in [-0.3, -0.25) is 4.99 Å². The zero-order chi connectivity index (χ0) is 8.39. The molecule has 0 N–H and O–H groups in total. The molecule has 1 aromatic carbocycles. The first kappa shape index (κ1) is 7.98. The van der Waals surface area contributed by atoms with Gasteiger partial charge in [-0.2, -0.15) is 0 Å². The van der Waals surface area contributed by atoms with Crippen LogP contribution in [0.5, 0.6) is 0 Å². The van der Waals surface area contributed by atoms with E-state index in [9.17, 15) is 0 Å². The van der Waals surface area contributed by atoms with Gasteiger partial charge in [-0.15, -0.1) is 0 Å². The van der Waals surface area contributed by atoms with Gasteiger partial charge in [-0.25, -0.2) is 0 Å². The highest BCUT2D eigenvalue weighted by atomic mass is 127. The molecule has 60 valence electrons. The van der Waals surface area contributed by atoms with Crippen molar-refractivity contribution in [2.45, 2.75) is 6.42 Å². The number of halogens is 1. The molecule has 1 nitrogen and oxygen atoms in total. The predicted octanol–water partition coefficient (Wildman–Crippen LogP) is 3.11. The van der Waals surface area contributed by atoms with Gasteiger partial charge in [0.15, 0.2) is 0 Å². The molecule has 0 bridgehead atoms. The van der Waals surface area contributed by atoms with E-state index in [2.05, 4.69) is 51.8 Å². The van der Waals surface area contributed by atoms with Crippen molar-refractivity contribution in [3.8, 4) is 0 Å². The minimum absolute atomic E-state index is 0.972. The average molecular weight is 269 g/mol. The number of allylic oxidation sites excluding steroid dienone is 1. The third-order valence-corrected chi connectivity index (χ3v) is 2.81. The number of hydrogen-bond acceptors (Lipinski definition) is 1. The van der Waals surface area contributed by atoms with Crippen LogP contribution in [0.2, 0.25) is 0 Å². The van der Waals surface area contributed by atoms with E-state index in [0.29, 0.717) is 0 Å². The van der Waals surface area contributed by atoms with Crippen molar-refractivity contribution < 1.29 is 0 Å². The quantitative estimate of drug-likeness (QED) is 0.695. The second kappa shape index (κ2) is 3.39. The van der Waals surface area contributed by atoms with Gasteiger partial charge in [-0.05, 0) is 39.8 Å². The second-order valence-electron chi connectivity index (χ2n) is 2.67. The lowest BCUT2D eigenvalue weighted by molar-refractivity contribution is 1.48. The first-order chi connectivity index (χ1) is 5.88. The molecule has 0 aromatic heterocycles. The molecule has 0 saturated heterocycles. The van der Waals surface area contributed by atoms with Crippen molar-refractivity contribution in [3.63, 3.8) is 0 Å². The van der Waals surface area contributed by atoms with Crippen molar-refractivity contribution >= 4 is 34.4 Å². The largest absolute Gasteiger partial charge is 0.268 e. The summed E-state index contributed by atoms with van der Waals surface area (Å²) < 4.78 is 1.30. The van der Waals surface area contributed by atoms with Crippen LogP contribution >= 0.6 is 22.6 Å². The first-order valence-corrected chi connectivity index (χ1v) is 4.91. The highest BCUT2D eigenvalue weighted by molar-refractivity contribution is 14.1. The first-order valence-electron chi connectivity index (χ1n) is 3.83. The molecule has 1 aliphatic heterocycles. The summed E-state index contributed by atoms with van der Waals surface area (Å²) in [5.41, 5.74) is 2.63. The lowest BCUT2D eigenvalue weighted by Gasteiger charge is -2.02. The number of hydrogen-bond donors (Lipinski definition) is 0. The van der Waals surface area contributed by atoms with Gasteiger partial charge in [0.25, 0.3) is 0 Å². The molecule has 1 aromatic rings. The van der Waals surface area contributed by atoms with Gasteiger partial charge < -0.3 is 0 Å². The topological polar surface area (TPSA) is 12.4 Å². The van der Waals surface area contributed by atoms with Crippen LogP contribution < -0.4 is 0 Å². The monoisotopic (exact) mass is 269 g/mol. The van der Waals surface area contributed by atoms with E-state index in [-0.39, 0.29) is 0 Å². The minimum Gasteiger partial charge on any atom is -0.268 e. The lowest BCUT2D eigenvalue weighted by Crippen LogP contribution is -1.85. The van der Waals surface area contributed by atoms with Crippen molar-refractivity contribution in [2.24, 2.45) is 4.99 Å². The van der Waals surface area contributed by atoms with Crippen LogP contribution in [0.25, 0.3) is 5.57 Å². The van der Waals surface area contributed by atoms with E-state index in [1.165, 1.54) is 14.7 Å². The standard InChI is InChI=1S/C10H8IN/c11-10-4-2-1-3-9(10)8-5-6-12-7-8/h1-4,6-7H,5H2. The summed E-state index contributed by atoms with van der Waals surface area (Å²) in [6.07, 6.45) is 4.86. The summed E-state index contributed by atoms with van der Waals surface area (Å²) >= 11 is 2.35. The second-order valence-corrected chi connectivity index (χ2v) is 3.83. The molecule has 0 amide bonds. The SMILES string of the molecule is Ic1ccccc1C1=CN=CC1. The van der Waals surface area contributed by atoms with Gasteiger partial charge in [0.05, 0.1) is 0 Å². The van der Waals surface area contributed by atoms with Crippen LogP contribution in [0.3, 0.4) is 0 Å². The van der Waals surface area contributed by atoms with Crippen LogP contribution in [-0.2, 0) is 0 Å². The molecule has 12 heavy (non-hydrogen) atoms. The van der Waals surface area contributed by atoms with Crippen molar-refractivity contribution in [1.29, 1.82) is 0 Å². The highest BCUT2D eigenvalue weighted by Crippen LogP contribution is 2.24. The lowest BCUT2D eigenvalue weighted by atomic mass is 10.1. The maximum atomic E-state index is 4.09. The Hall–Kier alpha value is -0.640. The molecular formula is C10H8IN. The third-order valence-electron chi connectivity index (χ3n) is 1.87. The Labute approximate surface area is 85.4 Å². The summed E-state index contributed by atoms with van der Waals surface area (Å²) in [5, 5.41) is 0. The molecular weight excluding hydrogens is 261 g/mol. The number of aliphatic imine (C=N–C) groups is 1. The summed E-state index contributed by atoms with van der Waals surface area (Å²) in [5.74, 6) is 0. The summed E-state index contributed by atoms with van der Waals surface area (Å²) in [6.45, 7) is 0. The van der Waals surface area contributed by atoms with E-state index in [0.717, 1.165) is 6.42 Å². The maximum Gasteiger partial charge on any atom is 0.0306 e. The Balaban J connectivity index is 2.40. The molecule has 0 spiro atoms. The van der Waals surface area contributed by atoms with E-state index in [1.807, 2.05) is 12.4 Å². The van der Waals surface area contributed by atoms with Crippen LogP contribution in [0.15, 0.2) is 35.5 Å². The van der Waals surface area contributed by atoms with Crippen LogP contribution in [0.1, 0.15) is 12.0 Å². The van der Waals surface area contributed by atoms with E-state index in [4.69, 9.17) is 0 Å². The molecule has 1 aliphatic rings. The zero-order valence-corrected chi connectivity index (χ0v) is 8.65. The molecule has 0 unspecified atom stereocenters. The van der Waals surface area contributed by atoms with Gasteiger partial charge in [0.2, 0.25) is 0 Å². The van der Waals surface area contributed by atoms with E-state index < -0.39 is 0 Å². The van der Waals surface area contributed by atoms with Crippen LogP contribution in [0.4, 0.5) is 0 Å². The molecule has 0 atom stereocenters. The number of nitrogens with zero attached hydrogens (tertiary/aromatic N) is 1. The fourth-order valence-electron chi connectivity index (χ4n) is 1.25. The molecule has 1 heterocycles. The van der Waals surface area contributed by atoms with Gasteiger partial charge >= 0.3 is 0 Å². The molecule has 0 aliphatic carbocycles. The fraction of sp³-hybridized carbons (Fsp3) is 0.100. The fourth-order valence-corrected chi connectivity index (χ4v) is 1.98. The Morgan fingerprint density at radius 1 is 1.25 bits per heavy atom. The van der Waals surface area contributed by atoms with Gasteiger partial charge in [-0.1, -0.05) is 18.2 Å². The molecule has 0 saturated carbocycles. The zero-order valence-electron chi connectivity index (χ0n) is 6.50. The Morgan fingerprint density at radius 3 is 2.75 bits per heavy atom. The summed E-state index contributed by atoms with van der Waals surface area (Å²) in [4.78, 5) is 4.09.